The monoisotopic (exact) mass is 488 g/mol. The first kappa shape index (κ1) is 25.8. The van der Waals surface area contributed by atoms with E-state index in [0.717, 1.165) is 6.54 Å². The normalized spacial score (nSPS) is 22.1. The van der Waals surface area contributed by atoms with Crippen LogP contribution in [0.3, 0.4) is 0 Å². The second-order valence-electron chi connectivity index (χ2n) is 8.83. The molecule has 0 aromatic heterocycles. The molecular weight excluding hydrogens is 456 g/mol. The van der Waals surface area contributed by atoms with E-state index >= 15 is 0 Å². The lowest BCUT2D eigenvalue weighted by Crippen LogP contribution is -2.45. The van der Waals surface area contributed by atoms with Crippen LogP contribution in [0.2, 0.25) is 5.02 Å². The number of anilines is 2. The van der Waals surface area contributed by atoms with Crippen molar-refractivity contribution >= 4 is 34.9 Å². The van der Waals surface area contributed by atoms with Crippen LogP contribution >= 0.6 is 11.6 Å². The second-order valence-corrected chi connectivity index (χ2v) is 9.27. The van der Waals surface area contributed by atoms with Crippen molar-refractivity contribution < 1.29 is 19.1 Å². The summed E-state index contributed by atoms with van der Waals surface area (Å²) < 4.78 is 11.8. The van der Waals surface area contributed by atoms with Gasteiger partial charge in [-0.2, -0.15) is 0 Å². The Bertz CT molecular complexity index is 1000. The van der Waals surface area contributed by atoms with Crippen LogP contribution in [-0.2, 0) is 4.74 Å². The standard InChI is InChI=1S/C25H33ClN4O4/c1-16-13-29(3)17(2)15-34-22-12-20(28-25(32)27-19-8-6-18(26)7-9-19)10-11-21(22)24(31)30(4)14-23(16)33-5/h6-12,16-17,23H,13-15H2,1-5H3,(H2,27,28,32)/t16-,17+,23+/m1/s1. The van der Waals surface area contributed by atoms with E-state index in [4.69, 9.17) is 21.1 Å². The van der Waals surface area contributed by atoms with E-state index in [1.165, 1.54) is 0 Å². The van der Waals surface area contributed by atoms with E-state index in [2.05, 4.69) is 36.4 Å². The highest BCUT2D eigenvalue weighted by molar-refractivity contribution is 6.30. The molecule has 34 heavy (non-hydrogen) atoms. The molecule has 3 rings (SSSR count). The molecule has 2 aromatic carbocycles. The number of carbonyl (C=O) groups is 2. The molecule has 2 N–H and O–H groups in total. The van der Waals surface area contributed by atoms with Crippen LogP contribution in [0.1, 0.15) is 24.2 Å². The summed E-state index contributed by atoms with van der Waals surface area (Å²) in [6.45, 7) is 5.87. The number of nitrogens with zero attached hydrogens (tertiary/aromatic N) is 2. The van der Waals surface area contributed by atoms with Crippen molar-refractivity contribution in [3.05, 3.63) is 53.1 Å². The zero-order valence-corrected chi connectivity index (χ0v) is 21.1. The lowest BCUT2D eigenvalue weighted by atomic mass is 10.0. The van der Waals surface area contributed by atoms with Crippen LogP contribution in [0.15, 0.2) is 42.5 Å². The van der Waals surface area contributed by atoms with Crippen molar-refractivity contribution in [2.45, 2.75) is 26.0 Å². The molecule has 0 fully saturated rings. The van der Waals surface area contributed by atoms with Gasteiger partial charge in [0.25, 0.3) is 5.91 Å². The van der Waals surface area contributed by atoms with Gasteiger partial charge < -0.3 is 25.0 Å². The first-order valence-electron chi connectivity index (χ1n) is 11.3. The molecular formula is C25H33ClN4O4. The predicted molar refractivity (Wildman–Crippen MR) is 135 cm³/mol. The molecule has 3 atom stereocenters. The third kappa shape index (κ3) is 6.62. The predicted octanol–water partition coefficient (Wildman–Crippen LogP) is 4.42. The highest BCUT2D eigenvalue weighted by atomic mass is 35.5. The van der Waals surface area contributed by atoms with Crippen molar-refractivity contribution in [1.29, 1.82) is 0 Å². The van der Waals surface area contributed by atoms with E-state index < -0.39 is 6.03 Å². The fourth-order valence-corrected chi connectivity index (χ4v) is 3.98. The van der Waals surface area contributed by atoms with Crippen LogP contribution in [0.4, 0.5) is 16.2 Å². The Morgan fingerprint density at radius 2 is 1.71 bits per heavy atom. The number of rotatable bonds is 3. The summed E-state index contributed by atoms with van der Waals surface area (Å²) in [6, 6.07) is 11.6. The van der Waals surface area contributed by atoms with Gasteiger partial charge in [-0.1, -0.05) is 18.5 Å². The molecule has 0 saturated carbocycles. The third-order valence-electron chi connectivity index (χ3n) is 6.12. The van der Waals surface area contributed by atoms with Gasteiger partial charge >= 0.3 is 6.03 Å². The summed E-state index contributed by atoms with van der Waals surface area (Å²) >= 11 is 5.89. The summed E-state index contributed by atoms with van der Waals surface area (Å²) in [6.07, 6.45) is -0.0927. The third-order valence-corrected chi connectivity index (χ3v) is 6.37. The number of methoxy groups -OCH3 is 1. The fourth-order valence-electron chi connectivity index (χ4n) is 3.86. The van der Waals surface area contributed by atoms with Crippen LogP contribution in [-0.4, -0.2) is 74.8 Å². The molecule has 0 unspecified atom stereocenters. The smallest absolute Gasteiger partial charge is 0.323 e. The van der Waals surface area contributed by atoms with Crippen LogP contribution < -0.4 is 15.4 Å². The van der Waals surface area contributed by atoms with Crippen molar-refractivity contribution in [2.75, 3.05) is 51.5 Å². The van der Waals surface area contributed by atoms with Crippen molar-refractivity contribution in [1.82, 2.24) is 9.80 Å². The Morgan fingerprint density at radius 3 is 2.38 bits per heavy atom. The maximum atomic E-state index is 13.2. The molecule has 184 valence electrons. The first-order chi connectivity index (χ1) is 16.2. The summed E-state index contributed by atoms with van der Waals surface area (Å²) in [5, 5.41) is 6.13. The zero-order chi connectivity index (χ0) is 24.8. The Kier molecular flexibility index (Phi) is 8.77. The highest BCUT2D eigenvalue weighted by Gasteiger charge is 2.27. The molecule has 1 aliphatic heterocycles. The molecule has 2 aromatic rings. The molecule has 3 amide bonds. The molecule has 1 heterocycles. The van der Waals surface area contributed by atoms with E-state index in [0.29, 0.717) is 40.9 Å². The number of amides is 3. The summed E-state index contributed by atoms with van der Waals surface area (Å²) in [5.74, 6) is 0.490. The lowest BCUT2D eigenvalue weighted by Gasteiger charge is -2.34. The van der Waals surface area contributed by atoms with Gasteiger partial charge in [0, 0.05) is 55.8 Å². The summed E-state index contributed by atoms with van der Waals surface area (Å²) in [5.41, 5.74) is 1.56. The number of ether oxygens (including phenoxy) is 2. The summed E-state index contributed by atoms with van der Waals surface area (Å²) in [4.78, 5) is 29.6. The van der Waals surface area contributed by atoms with E-state index in [1.807, 2.05) is 0 Å². The average molecular weight is 489 g/mol. The molecule has 0 aliphatic carbocycles. The highest BCUT2D eigenvalue weighted by Crippen LogP contribution is 2.27. The van der Waals surface area contributed by atoms with Gasteiger partial charge in [0.15, 0.2) is 0 Å². The number of fused-ring (bicyclic) bond motifs is 1. The lowest BCUT2D eigenvalue weighted by molar-refractivity contribution is 0.0150. The first-order valence-corrected chi connectivity index (χ1v) is 11.6. The maximum Gasteiger partial charge on any atom is 0.323 e. The molecule has 0 saturated heterocycles. The van der Waals surface area contributed by atoms with Crippen LogP contribution in [0.25, 0.3) is 0 Å². The number of urea groups is 1. The quantitative estimate of drug-likeness (QED) is 0.668. The molecule has 0 radical (unpaired) electrons. The minimum Gasteiger partial charge on any atom is -0.491 e. The van der Waals surface area contributed by atoms with Gasteiger partial charge in [0.2, 0.25) is 0 Å². The number of halogens is 1. The Labute approximate surface area is 206 Å². The Morgan fingerprint density at radius 1 is 1.06 bits per heavy atom. The van der Waals surface area contributed by atoms with Crippen LogP contribution in [0.5, 0.6) is 5.75 Å². The largest absolute Gasteiger partial charge is 0.491 e. The van der Waals surface area contributed by atoms with Crippen molar-refractivity contribution in [3.63, 3.8) is 0 Å². The topological polar surface area (TPSA) is 83.1 Å². The van der Waals surface area contributed by atoms with Gasteiger partial charge in [-0.25, -0.2) is 4.79 Å². The summed E-state index contributed by atoms with van der Waals surface area (Å²) in [7, 11) is 5.49. The van der Waals surface area contributed by atoms with Gasteiger partial charge in [-0.05, 0) is 56.3 Å². The Balaban J connectivity index is 1.82. The number of hydrogen-bond acceptors (Lipinski definition) is 5. The molecule has 9 heteroatoms. The average Bonchev–Trinajstić information content (AvgIpc) is 2.81. The zero-order valence-electron chi connectivity index (χ0n) is 20.3. The number of likely N-dealkylation sites (N-methyl/N-ethyl adjacent to an activating group) is 2. The van der Waals surface area contributed by atoms with Crippen molar-refractivity contribution in [3.8, 4) is 5.75 Å². The number of benzene rings is 2. The maximum absolute atomic E-state index is 13.2. The van der Waals surface area contributed by atoms with Gasteiger partial charge in [0.05, 0.1) is 11.7 Å². The molecule has 0 spiro atoms. The minimum atomic E-state index is -0.413. The molecule has 8 nitrogen and oxygen atoms in total. The van der Waals surface area contributed by atoms with Crippen LogP contribution in [0, 0.1) is 5.92 Å². The number of nitrogens with one attached hydrogen (secondary N) is 2. The minimum absolute atomic E-state index is 0.0927. The van der Waals surface area contributed by atoms with E-state index in [9.17, 15) is 9.59 Å². The van der Waals surface area contributed by atoms with Gasteiger partial charge in [-0.3, -0.25) is 9.69 Å². The molecule has 1 aliphatic rings. The number of hydrogen-bond donors (Lipinski definition) is 2. The number of carbonyl (C=O) groups excluding carboxylic acids is 2. The Hall–Kier alpha value is -2.81. The van der Waals surface area contributed by atoms with E-state index in [-0.39, 0.29) is 24.0 Å². The molecule has 0 bridgehead atoms. The van der Waals surface area contributed by atoms with Gasteiger partial charge in [-0.15, -0.1) is 0 Å². The van der Waals surface area contributed by atoms with Crippen molar-refractivity contribution in [2.24, 2.45) is 5.92 Å². The van der Waals surface area contributed by atoms with E-state index in [1.54, 1.807) is 61.5 Å². The SMILES string of the molecule is CO[C@H]1CN(C)C(=O)c2ccc(NC(=O)Nc3ccc(Cl)cc3)cc2OC[C@H](C)N(C)C[C@H]1C. The fraction of sp³-hybridized carbons (Fsp3) is 0.440. The van der Waals surface area contributed by atoms with Gasteiger partial charge in [0.1, 0.15) is 12.4 Å². The second kappa shape index (κ2) is 11.6.